The first-order valence-electron chi connectivity index (χ1n) is 5.68. The molecule has 1 fully saturated rings. The van der Waals surface area contributed by atoms with Gasteiger partial charge in [-0.25, -0.2) is 8.42 Å². The standard InChI is InChI=1S/C10H13BrCl2N2O2S2/c11-1-2-14-3-5-15(6-4-14)19(16,17)8-7-9(12)18-10(8)13/h7H,1-6H2. The predicted molar refractivity (Wildman–Crippen MR) is 83.3 cm³/mol. The molecule has 2 rings (SSSR count). The molecule has 0 N–H and O–H groups in total. The summed E-state index contributed by atoms with van der Waals surface area (Å²) in [6.07, 6.45) is 0. The molecule has 1 aliphatic rings. The fourth-order valence-corrected chi connectivity index (χ4v) is 5.99. The van der Waals surface area contributed by atoms with Crippen molar-refractivity contribution in [2.45, 2.75) is 4.90 Å². The number of rotatable bonds is 4. The minimum Gasteiger partial charge on any atom is -0.300 e. The maximum Gasteiger partial charge on any atom is 0.245 e. The highest BCUT2D eigenvalue weighted by atomic mass is 79.9. The van der Waals surface area contributed by atoms with Crippen molar-refractivity contribution in [3.8, 4) is 0 Å². The van der Waals surface area contributed by atoms with Gasteiger partial charge in [-0.3, -0.25) is 4.90 Å². The quantitative estimate of drug-likeness (QED) is 0.720. The van der Waals surface area contributed by atoms with Crippen LogP contribution in [0.25, 0.3) is 0 Å². The van der Waals surface area contributed by atoms with Crippen LogP contribution >= 0.6 is 50.5 Å². The number of thiophene rings is 1. The molecule has 19 heavy (non-hydrogen) atoms. The molecule has 1 aromatic rings. The predicted octanol–water partition coefficient (Wildman–Crippen LogP) is 2.76. The highest BCUT2D eigenvalue weighted by molar-refractivity contribution is 9.09. The molecule has 2 heterocycles. The Balaban J connectivity index is 2.12. The van der Waals surface area contributed by atoms with Crippen LogP contribution in [0, 0.1) is 0 Å². The third kappa shape index (κ3) is 3.64. The van der Waals surface area contributed by atoms with Gasteiger partial charge in [0.15, 0.2) is 0 Å². The average molecular weight is 408 g/mol. The Labute approximate surface area is 135 Å². The average Bonchev–Trinajstić information content (AvgIpc) is 2.70. The van der Waals surface area contributed by atoms with E-state index in [0.717, 1.165) is 36.3 Å². The summed E-state index contributed by atoms with van der Waals surface area (Å²) in [7, 11) is -3.52. The summed E-state index contributed by atoms with van der Waals surface area (Å²) < 4.78 is 27.0. The summed E-state index contributed by atoms with van der Waals surface area (Å²) in [6, 6.07) is 1.43. The Morgan fingerprint density at radius 2 is 1.89 bits per heavy atom. The summed E-state index contributed by atoms with van der Waals surface area (Å²) in [5.41, 5.74) is 0. The Kier molecular flexibility index (Phi) is 5.56. The number of sulfonamides is 1. The summed E-state index contributed by atoms with van der Waals surface area (Å²) in [5, 5.41) is 0.895. The van der Waals surface area contributed by atoms with Crippen LogP contribution in [0.1, 0.15) is 0 Å². The molecule has 0 bridgehead atoms. The Morgan fingerprint density at radius 1 is 1.26 bits per heavy atom. The van der Waals surface area contributed by atoms with Crippen molar-refractivity contribution in [2.75, 3.05) is 38.1 Å². The van der Waals surface area contributed by atoms with Crippen LogP contribution in [0.3, 0.4) is 0 Å². The fourth-order valence-electron chi connectivity index (χ4n) is 1.95. The minimum atomic E-state index is -3.52. The summed E-state index contributed by atoms with van der Waals surface area (Å²) in [6.45, 7) is 3.37. The number of alkyl halides is 1. The maximum atomic E-state index is 12.4. The fraction of sp³-hybridized carbons (Fsp3) is 0.600. The first-order chi connectivity index (χ1) is 8.95. The molecule has 0 saturated carbocycles. The van der Waals surface area contributed by atoms with E-state index in [1.165, 1.54) is 10.4 Å². The SMILES string of the molecule is O=S(=O)(c1cc(Cl)sc1Cl)N1CCN(CCBr)CC1. The van der Waals surface area contributed by atoms with Crippen molar-refractivity contribution >= 4 is 60.5 Å². The van der Waals surface area contributed by atoms with E-state index in [9.17, 15) is 8.42 Å². The molecule has 108 valence electrons. The topological polar surface area (TPSA) is 40.6 Å². The van der Waals surface area contributed by atoms with Crippen LogP contribution in [-0.4, -0.2) is 55.7 Å². The lowest BCUT2D eigenvalue weighted by atomic mass is 10.4. The van der Waals surface area contributed by atoms with Gasteiger partial charge in [0.2, 0.25) is 10.0 Å². The highest BCUT2D eigenvalue weighted by Crippen LogP contribution is 2.35. The molecule has 1 aliphatic heterocycles. The molecular formula is C10H13BrCl2N2O2S2. The van der Waals surface area contributed by atoms with Gasteiger partial charge in [-0.05, 0) is 6.07 Å². The van der Waals surface area contributed by atoms with E-state index in [4.69, 9.17) is 23.2 Å². The van der Waals surface area contributed by atoms with Gasteiger partial charge in [0, 0.05) is 38.1 Å². The molecule has 0 atom stereocenters. The molecule has 0 spiro atoms. The van der Waals surface area contributed by atoms with Crippen LogP contribution < -0.4 is 0 Å². The summed E-state index contributed by atoms with van der Waals surface area (Å²) in [4.78, 5) is 2.35. The monoisotopic (exact) mass is 406 g/mol. The Bertz CT molecular complexity index is 542. The lowest BCUT2D eigenvalue weighted by Crippen LogP contribution is -2.48. The second kappa shape index (κ2) is 6.60. The number of hydrogen-bond acceptors (Lipinski definition) is 4. The van der Waals surface area contributed by atoms with Gasteiger partial charge in [0.1, 0.15) is 9.23 Å². The molecule has 0 amide bonds. The smallest absolute Gasteiger partial charge is 0.245 e. The normalized spacial score (nSPS) is 18.9. The van der Waals surface area contributed by atoms with Crippen molar-refractivity contribution < 1.29 is 8.42 Å². The molecular weight excluding hydrogens is 395 g/mol. The third-order valence-corrected chi connectivity index (χ3v) is 6.98. The van der Waals surface area contributed by atoms with Crippen molar-refractivity contribution in [3.05, 3.63) is 14.7 Å². The first kappa shape index (κ1) is 16.0. The molecule has 1 saturated heterocycles. The van der Waals surface area contributed by atoms with E-state index >= 15 is 0 Å². The molecule has 9 heteroatoms. The minimum absolute atomic E-state index is 0.123. The van der Waals surface area contributed by atoms with E-state index in [1.54, 1.807) is 0 Å². The number of piperazine rings is 1. The van der Waals surface area contributed by atoms with E-state index in [0.29, 0.717) is 17.4 Å². The zero-order valence-corrected chi connectivity index (χ0v) is 14.7. The van der Waals surface area contributed by atoms with Crippen molar-refractivity contribution in [2.24, 2.45) is 0 Å². The second-order valence-electron chi connectivity index (χ2n) is 4.12. The van der Waals surface area contributed by atoms with Gasteiger partial charge in [-0.1, -0.05) is 39.1 Å². The van der Waals surface area contributed by atoms with E-state index in [-0.39, 0.29) is 9.23 Å². The van der Waals surface area contributed by atoms with Crippen molar-refractivity contribution in [3.63, 3.8) is 0 Å². The van der Waals surface area contributed by atoms with Gasteiger partial charge in [0.05, 0.1) is 4.34 Å². The first-order valence-corrected chi connectivity index (χ1v) is 9.82. The van der Waals surface area contributed by atoms with Gasteiger partial charge in [-0.2, -0.15) is 4.31 Å². The summed E-state index contributed by atoms with van der Waals surface area (Å²) >= 11 is 16.2. The summed E-state index contributed by atoms with van der Waals surface area (Å²) in [5.74, 6) is 0. The van der Waals surface area contributed by atoms with Crippen LogP contribution in [0.5, 0.6) is 0 Å². The second-order valence-corrected chi connectivity index (χ2v) is 9.11. The molecule has 1 aromatic heterocycles. The van der Waals surface area contributed by atoms with Crippen LogP contribution in [0.4, 0.5) is 0 Å². The largest absolute Gasteiger partial charge is 0.300 e. The van der Waals surface area contributed by atoms with Crippen LogP contribution in [0.15, 0.2) is 11.0 Å². The highest BCUT2D eigenvalue weighted by Gasteiger charge is 2.31. The molecule has 0 aliphatic carbocycles. The Hall–Kier alpha value is 0.630. The van der Waals surface area contributed by atoms with Crippen molar-refractivity contribution in [1.29, 1.82) is 0 Å². The van der Waals surface area contributed by atoms with Crippen LogP contribution in [0.2, 0.25) is 8.67 Å². The zero-order valence-electron chi connectivity index (χ0n) is 9.98. The van der Waals surface area contributed by atoms with Gasteiger partial charge >= 0.3 is 0 Å². The van der Waals surface area contributed by atoms with E-state index in [2.05, 4.69) is 20.8 Å². The van der Waals surface area contributed by atoms with E-state index in [1.807, 2.05) is 0 Å². The van der Waals surface area contributed by atoms with Gasteiger partial charge < -0.3 is 0 Å². The zero-order chi connectivity index (χ0) is 14.0. The Morgan fingerprint density at radius 3 is 2.37 bits per heavy atom. The van der Waals surface area contributed by atoms with E-state index < -0.39 is 10.0 Å². The number of hydrogen-bond donors (Lipinski definition) is 0. The molecule has 0 aromatic carbocycles. The van der Waals surface area contributed by atoms with Gasteiger partial charge in [-0.15, -0.1) is 11.3 Å². The lowest BCUT2D eigenvalue weighted by molar-refractivity contribution is 0.198. The van der Waals surface area contributed by atoms with Crippen molar-refractivity contribution in [1.82, 2.24) is 9.21 Å². The maximum absolute atomic E-state index is 12.4. The third-order valence-electron chi connectivity index (χ3n) is 2.98. The van der Waals surface area contributed by atoms with Crippen LogP contribution in [-0.2, 0) is 10.0 Å². The lowest BCUT2D eigenvalue weighted by Gasteiger charge is -2.33. The molecule has 0 radical (unpaired) electrons. The number of nitrogens with zero attached hydrogens (tertiary/aromatic N) is 2. The molecule has 4 nitrogen and oxygen atoms in total. The molecule has 0 unspecified atom stereocenters. The number of halogens is 3. The van der Waals surface area contributed by atoms with Gasteiger partial charge in [0.25, 0.3) is 0 Å².